The number of rotatable bonds is 13. The molecule has 0 radical (unpaired) electrons. The number of para-hydroxylation sites is 1. The summed E-state index contributed by atoms with van der Waals surface area (Å²) in [6, 6.07) is 16.2. The van der Waals surface area contributed by atoms with Gasteiger partial charge in [-0.1, -0.05) is 68.8 Å². The van der Waals surface area contributed by atoms with Crippen molar-refractivity contribution in [2.75, 3.05) is 23.7 Å². The molecule has 0 bridgehead atoms. The second-order valence-corrected chi connectivity index (χ2v) is 11.3. The van der Waals surface area contributed by atoms with E-state index in [9.17, 15) is 18.0 Å². The lowest BCUT2D eigenvalue weighted by Gasteiger charge is -2.31. The summed E-state index contributed by atoms with van der Waals surface area (Å²) in [6.07, 6.45) is 2.13. The number of aryl methyl sites for hydroxylation is 1. The Morgan fingerprint density at radius 1 is 1.03 bits per heavy atom. The molecule has 2 rings (SSSR count). The number of carbonyl (C=O) groups excluding carboxylic acids is 2. The van der Waals surface area contributed by atoms with Crippen molar-refractivity contribution in [3.63, 3.8) is 0 Å². The zero-order chi connectivity index (χ0) is 26.0. The third kappa shape index (κ3) is 9.02. The summed E-state index contributed by atoms with van der Waals surface area (Å²) in [4.78, 5) is 28.0. The third-order valence-corrected chi connectivity index (χ3v) is 6.90. The highest BCUT2D eigenvalue weighted by atomic mass is 32.2. The van der Waals surface area contributed by atoms with Crippen molar-refractivity contribution in [3.05, 3.63) is 65.7 Å². The Balaban J connectivity index is 2.19. The zero-order valence-electron chi connectivity index (χ0n) is 21.5. The molecule has 192 valence electrons. The molecular formula is C27H39N3O4S. The second-order valence-electron chi connectivity index (χ2n) is 9.35. The van der Waals surface area contributed by atoms with E-state index in [4.69, 9.17) is 0 Å². The molecule has 2 aromatic carbocycles. The molecule has 0 aliphatic rings. The fourth-order valence-electron chi connectivity index (χ4n) is 3.95. The fourth-order valence-corrected chi connectivity index (χ4v) is 4.91. The Morgan fingerprint density at radius 3 is 2.29 bits per heavy atom. The summed E-state index contributed by atoms with van der Waals surface area (Å²) in [5.74, 6) is -0.0267. The molecule has 2 aromatic rings. The van der Waals surface area contributed by atoms with Crippen molar-refractivity contribution < 1.29 is 18.0 Å². The van der Waals surface area contributed by atoms with Gasteiger partial charge in [-0.2, -0.15) is 0 Å². The van der Waals surface area contributed by atoms with Crippen LogP contribution in [0.4, 0.5) is 5.69 Å². The van der Waals surface area contributed by atoms with Gasteiger partial charge in [0.25, 0.3) is 0 Å². The maximum Gasteiger partial charge on any atom is 0.242 e. The summed E-state index contributed by atoms with van der Waals surface area (Å²) < 4.78 is 26.0. The average Bonchev–Trinajstić information content (AvgIpc) is 2.80. The summed E-state index contributed by atoms with van der Waals surface area (Å²) in [5.41, 5.74) is 2.60. The van der Waals surface area contributed by atoms with Crippen LogP contribution in [0.2, 0.25) is 0 Å². The van der Waals surface area contributed by atoms with E-state index in [1.54, 1.807) is 29.2 Å². The second kappa shape index (κ2) is 13.3. The Morgan fingerprint density at radius 2 is 1.71 bits per heavy atom. The first-order chi connectivity index (χ1) is 16.5. The van der Waals surface area contributed by atoms with E-state index in [0.29, 0.717) is 37.5 Å². The van der Waals surface area contributed by atoms with E-state index in [2.05, 4.69) is 5.32 Å². The molecule has 0 aliphatic carbocycles. The Labute approximate surface area is 210 Å². The lowest BCUT2D eigenvalue weighted by atomic mass is 10.1. The highest BCUT2D eigenvalue weighted by Crippen LogP contribution is 2.19. The summed E-state index contributed by atoms with van der Waals surface area (Å²) in [5, 5.41) is 2.96. The fraction of sp³-hybridized carbons (Fsp3) is 0.481. The van der Waals surface area contributed by atoms with Gasteiger partial charge in [0.05, 0.1) is 11.9 Å². The quantitative estimate of drug-likeness (QED) is 0.447. The van der Waals surface area contributed by atoms with Crippen molar-refractivity contribution in [3.8, 4) is 0 Å². The minimum absolute atomic E-state index is 0.138. The topological polar surface area (TPSA) is 86.8 Å². The molecule has 35 heavy (non-hydrogen) atoms. The number of nitrogens with zero attached hydrogens (tertiary/aromatic N) is 2. The van der Waals surface area contributed by atoms with Crippen LogP contribution in [-0.2, 0) is 26.2 Å². The van der Waals surface area contributed by atoms with Crippen molar-refractivity contribution in [2.45, 2.75) is 59.5 Å². The van der Waals surface area contributed by atoms with Crippen LogP contribution in [0.1, 0.15) is 51.2 Å². The largest absolute Gasteiger partial charge is 0.354 e. The van der Waals surface area contributed by atoms with E-state index in [1.165, 1.54) is 4.31 Å². The van der Waals surface area contributed by atoms with E-state index in [-0.39, 0.29) is 24.8 Å². The number of nitrogens with one attached hydrogen (secondary N) is 1. The van der Waals surface area contributed by atoms with E-state index >= 15 is 0 Å². The summed E-state index contributed by atoms with van der Waals surface area (Å²) >= 11 is 0. The number of sulfonamides is 1. The molecule has 0 aliphatic heterocycles. The molecule has 0 unspecified atom stereocenters. The van der Waals surface area contributed by atoms with Crippen molar-refractivity contribution in [1.82, 2.24) is 10.2 Å². The standard InChI is InChI=1S/C27H39N3O4S/c1-6-25(27(32)28-19-21(2)3)29(20-23-13-10-12-22(4)18-23)26(31)16-11-17-30(35(5,33)34)24-14-8-7-9-15-24/h7-10,12-15,18,21,25H,6,11,16-17,19-20H2,1-5H3,(H,28,32)/t25-/m0/s1. The zero-order valence-corrected chi connectivity index (χ0v) is 22.3. The van der Waals surface area contributed by atoms with Crippen LogP contribution in [0.3, 0.4) is 0 Å². The van der Waals surface area contributed by atoms with Gasteiger partial charge < -0.3 is 10.2 Å². The highest BCUT2D eigenvalue weighted by Gasteiger charge is 2.29. The SMILES string of the molecule is CC[C@@H](C(=O)NCC(C)C)N(Cc1cccc(C)c1)C(=O)CCCN(c1ccccc1)S(C)(=O)=O. The molecule has 1 atom stereocenters. The first-order valence-corrected chi connectivity index (χ1v) is 14.0. The van der Waals surface area contributed by atoms with Crippen molar-refractivity contribution >= 4 is 27.5 Å². The molecule has 0 spiro atoms. The van der Waals surface area contributed by atoms with Gasteiger partial charge in [-0.25, -0.2) is 8.42 Å². The molecule has 8 heteroatoms. The van der Waals surface area contributed by atoms with Gasteiger partial charge in [0.15, 0.2) is 0 Å². The Bertz CT molecular complexity index is 1070. The predicted octanol–water partition coefficient (Wildman–Crippen LogP) is 4.12. The molecular weight excluding hydrogens is 462 g/mol. The van der Waals surface area contributed by atoms with Gasteiger partial charge in [-0.3, -0.25) is 13.9 Å². The van der Waals surface area contributed by atoms with Gasteiger partial charge in [0.2, 0.25) is 21.8 Å². The first-order valence-electron chi connectivity index (χ1n) is 12.2. The Hall–Kier alpha value is -2.87. The summed E-state index contributed by atoms with van der Waals surface area (Å²) in [6.45, 7) is 8.99. The molecule has 0 heterocycles. The maximum absolute atomic E-state index is 13.4. The smallest absolute Gasteiger partial charge is 0.242 e. The number of benzene rings is 2. The van der Waals surface area contributed by atoms with Crippen LogP contribution < -0.4 is 9.62 Å². The minimum atomic E-state index is -3.50. The van der Waals surface area contributed by atoms with Crippen molar-refractivity contribution in [1.29, 1.82) is 0 Å². The van der Waals surface area contributed by atoms with Crippen LogP contribution in [0.15, 0.2) is 54.6 Å². The van der Waals surface area contributed by atoms with Crippen LogP contribution in [-0.4, -0.2) is 50.5 Å². The maximum atomic E-state index is 13.4. The number of amides is 2. The van der Waals surface area contributed by atoms with Crippen LogP contribution >= 0.6 is 0 Å². The van der Waals surface area contributed by atoms with Crippen LogP contribution in [0, 0.1) is 12.8 Å². The normalized spacial score (nSPS) is 12.3. The van der Waals surface area contributed by atoms with Gasteiger partial charge in [0, 0.05) is 26.1 Å². The monoisotopic (exact) mass is 501 g/mol. The third-order valence-electron chi connectivity index (χ3n) is 5.70. The van der Waals surface area contributed by atoms with Crippen LogP contribution in [0.5, 0.6) is 0 Å². The molecule has 2 amide bonds. The van der Waals surface area contributed by atoms with Gasteiger partial charge in [-0.15, -0.1) is 0 Å². The lowest BCUT2D eigenvalue weighted by Crippen LogP contribution is -2.49. The molecule has 0 saturated carbocycles. The average molecular weight is 502 g/mol. The molecule has 0 aromatic heterocycles. The van der Waals surface area contributed by atoms with E-state index in [1.807, 2.05) is 58.0 Å². The number of hydrogen-bond acceptors (Lipinski definition) is 4. The highest BCUT2D eigenvalue weighted by molar-refractivity contribution is 7.92. The Kier molecular flexibility index (Phi) is 10.8. The van der Waals surface area contributed by atoms with Gasteiger partial charge in [-0.05, 0) is 43.4 Å². The van der Waals surface area contributed by atoms with E-state index < -0.39 is 16.1 Å². The van der Waals surface area contributed by atoms with E-state index in [0.717, 1.165) is 17.4 Å². The predicted molar refractivity (Wildman–Crippen MR) is 142 cm³/mol. The number of carbonyl (C=O) groups is 2. The van der Waals surface area contributed by atoms with Crippen LogP contribution in [0.25, 0.3) is 0 Å². The summed E-state index contributed by atoms with van der Waals surface area (Å²) in [7, 11) is -3.50. The number of hydrogen-bond donors (Lipinski definition) is 1. The molecule has 0 saturated heterocycles. The van der Waals surface area contributed by atoms with Gasteiger partial charge in [0.1, 0.15) is 6.04 Å². The first kappa shape index (κ1) is 28.4. The van der Waals surface area contributed by atoms with Gasteiger partial charge >= 0.3 is 0 Å². The molecule has 1 N–H and O–H groups in total. The molecule has 0 fully saturated rings. The van der Waals surface area contributed by atoms with Crippen molar-refractivity contribution in [2.24, 2.45) is 5.92 Å². The lowest BCUT2D eigenvalue weighted by molar-refractivity contribution is -0.141. The molecule has 7 nitrogen and oxygen atoms in total. The number of anilines is 1. The minimum Gasteiger partial charge on any atom is -0.354 e.